The van der Waals surface area contributed by atoms with E-state index in [1.165, 1.54) is 11.3 Å². The van der Waals surface area contributed by atoms with Crippen LogP contribution in [0, 0.1) is 5.92 Å². The molecule has 0 bridgehead atoms. The number of sulfone groups is 1. The SMILES string of the molecule is CC1CC(N2CCCN2)CCC1S(=O)(=O)c1ccc(CNC(=O)c2cc3ccncc3s2)cc1. The number of carbonyl (C=O) groups excluding carboxylic acids is 1. The molecule has 2 aliphatic rings. The van der Waals surface area contributed by atoms with Crippen LogP contribution in [-0.2, 0) is 16.4 Å². The molecule has 2 fully saturated rings. The highest BCUT2D eigenvalue weighted by molar-refractivity contribution is 7.92. The first kappa shape index (κ1) is 23.4. The second-order valence-electron chi connectivity index (χ2n) is 9.33. The van der Waals surface area contributed by atoms with Crippen LogP contribution in [-0.4, -0.2) is 48.7 Å². The number of hydrogen-bond acceptors (Lipinski definition) is 7. The van der Waals surface area contributed by atoms with Crippen LogP contribution in [0.4, 0.5) is 0 Å². The molecule has 7 nitrogen and oxygen atoms in total. The fourth-order valence-electron chi connectivity index (χ4n) is 5.18. The van der Waals surface area contributed by atoms with Gasteiger partial charge in [0, 0.05) is 38.1 Å². The molecule has 0 spiro atoms. The van der Waals surface area contributed by atoms with E-state index in [0.29, 0.717) is 28.8 Å². The van der Waals surface area contributed by atoms with E-state index in [1.54, 1.807) is 36.7 Å². The zero-order chi connectivity index (χ0) is 23.7. The van der Waals surface area contributed by atoms with Gasteiger partial charge in [-0.05, 0) is 66.8 Å². The van der Waals surface area contributed by atoms with Gasteiger partial charge in [-0.2, -0.15) is 0 Å². The Morgan fingerprint density at radius 2 is 2.06 bits per heavy atom. The molecule has 5 rings (SSSR count). The van der Waals surface area contributed by atoms with Crippen molar-refractivity contribution in [1.82, 2.24) is 20.7 Å². The van der Waals surface area contributed by atoms with Crippen molar-refractivity contribution in [3.63, 3.8) is 0 Å². The number of hydrazine groups is 1. The molecule has 1 aliphatic carbocycles. The Morgan fingerprint density at radius 1 is 1.24 bits per heavy atom. The van der Waals surface area contributed by atoms with Crippen LogP contribution in [0.15, 0.2) is 53.7 Å². The van der Waals surface area contributed by atoms with E-state index < -0.39 is 9.84 Å². The second kappa shape index (κ2) is 9.73. The van der Waals surface area contributed by atoms with Gasteiger partial charge in [0.1, 0.15) is 0 Å². The van der Waals surface area contributed by atoms with Gasteiger partial charge in [-0.3, -0.25) is 15.2 Å². The maximum absolute atomic E-state index is 13.4. The van der Waals surface area contributed by atoms with Crippen LogP contribution >= 0.6 is 11.3 Å². The third kappa shape index (κ3) is 4.75. The lowest BCUT2D eigenvalue weighted by Crippen LogP contribution is -2.47. The highest BCUT2D eigenvalue weighted by atomic mass is 32.2. The van der Waals surface area contributed by atoms with E-state index in [-0.39, 0.29) is 17.1 Å². The van der Waals surface area contributed by atoms with Crippen molar-refractivity contribution >= 4 is 37.2 Å². The normalized spacial score (nSPS) is 23.9. The Balaban J connectivity index is 1.20. The van der Waals surface area contributed by atoms with Crippen LogP contribution < -0.4 is 10.7 Å². The summed E-state index contributed by atoms with van der Waals surface area (Å²) in [6.07, 6.45) is 7.11. The molecular formula is C25H30N4O3S2. The number of pyridine rings is 1. The Hall–Kier alpha value is -2.33. The fourth-order valence-corrected chi connectivity index (χ4v) is 8.16. The van der Waals surface area contributed by atoms with Gasteiger partial charge in [0.2, 0.25) is 0 Å². The number of carbonyl (C=O) groups is 1. The molecule has 1 aliphatic heterocycles. The summed E-state index contributed by atoms with van der Waals surface area (Å²) in [4.78, 5) is 17.6. The number of amides is 1. The highest BCUT2D eigenvalue weighted by Crippen LogP contribution is 2.35. The summed E-state index contributed by atoms with van der Waals surface area (Å²) >= 11 is 1.41. The number of hydrogen-bond donors (Lipinski definition) is 2. The molecule has 1 saturated carbocycles. The fraction of sp³-hybridized carbons (Fsp3) is 0.440. The summed E-state index contributed by atoms with van der Waals surface area (Å²) in [5.74, 6) is -0.0300. The van der Waals surface area contributed by atoms with Crippen LogP contribution in [0.25, 0.3) is 10.1 Å². The molecule has 3 aromatic rings. The van der Waals surface area contributed by atoms with Gasteiger partial charge in [-0.1, -0.05) is 19.1 Å². The molecule has 180 valence electrons. The van der Waals surface area contributed by atoms with Crippen molar-refractivity contribution in [3.8, 4) is 0 Å². The molecule has 3 unspecified atom stereocenters. The standard InChI is InChI=1S/C25H30N4O3S2/c1-17-13-20(29-12-2-10-28-29)5-8-24(17)34(31,32)21-6-3-18(4-7-21)15-27-25(30)22-14-19-9-11-26-16-23(19)33-22/h3-4,6-7,9,11,14,16-17,20,24,28H,2,5,8,10,12-13,15H2,1H3,(H,27,30). The predicted molar refractivity (Wildman–Crippen MR) is 134 cm³/mol. The quantitative estimate of drug-likeness (QED) is 0.538. The van der Waals surface area contributed by atoms with Gasteiger partial charge in [-0.15, -0.1) is 11.3 Å². The van der Waals surface area contributed by atoms with Gasteiger partial charge in [-0.25, -0.2) is 13.4 Å². The number of nitrogens with zero attached hydrogens (tertiary/aromatic N) is 2. The molecule has 0 radical (unpaired) electrons. The maximum atomic E-state index is 13.4. The number of benzene rings is 1. The molecule has 34 heavy (non-hydrogen) atoms. The molecule has 1 amide bonds. The predicted octanol–water partition coefficient (Wildman–Crippen LogP) is 3.77. The molecule has 2 N–H and O–H groups in total. The first-order valence-corrected chi connectivity index (χ1v) is 14.2. The van der Waals surface area contributed by atoms with Gasteiger partial charge in [0.15, 0.2) is 9.84 Å². The Labute approximate surface area is 204 Å². The molecular weight excluding hydrogens is 468 g/mol. The molecule has 3 heterocycles. The van der Waals surface area contributed by atoms with E-state index in [1.807, 2.05) is 12.1 Å². The van der Waals surface area contributed by atoms with Gasteiger partial charge in [0.05, 0.1) is 19.7 Å². The van der Waals surface area contributed by atoms with Crippen molar-refractivity contribution in [2.24, 2.45) is 5.92 Å². The van der Waals surface area contributed by atoms with Crippen molar-refractivity contribution in [3.05, 3.63) is 59.2 Å². The van der Waals surface area contributed by atoms with E-state index >= 15 is 0 Å². The van der Waals surface area contributed by atoms with E-state index in [9.17, 15) is 13.2 Å². The second-order valence-corrected chi connectivity index (χ2v) is 12.6. The monoisotopic (exact) mass is 498 g/mol. The minimum absolute atomic E-state index is 0.113. The van der Waals surface area contributed by atoms with Crippen molar-refractivity contribution in [2.75, 3.05) is 13.1 Å². The first-order chi connectivity index (χ1) is 16.4. The van der Waals surface area contributed by atoms with Crippen LogP contribution in [0.2, 0.25) is 0 Å². The van der Waals surface area contributed by atoms with Gasteiger partial charge < -0.3 is 5.32 Å². The first-order valence-electron chi connectivity index (χ1n) is 11.9. The summed E-state index contributed by atoms with van der Waals surface area (Å²) in [6, 6.07) is 11.1. The van der Waals surface area contributed by atoms with Gasteiger partial charge in [0.25, 0.3) is 5.91 Å². The smallest absolute Gasteiger partial charge is 0.261 e. The Bertz CT molecular complexity index is 1230. The number of nitrogens with one attached hydrogen (secondary N) is 2. The average molecular weight is 499 g/mol. The highest BCUT2D eigenvalue weighted by Gasteiger charge is 2.39. The zero-order valence-electron chi connectivity index (χ0n) is 19.2. The van der Waals surface area contributed by atoms with E-state index in [4.69, 9.17) is 0 Å². The topological polar surface area (TPSA) is 91.4 Å². The lowest BCUT2D eigenvalue weighted by molar-refractivity contribution is 0.0955. The number of rotatable bonds is 6. The van der Waals surface area contributed by atoms with Crippen LogP contribution in [0.5, 0.6) is 0 Å². The van der Waals surface area contributed by atoms with Crippen LogP contribution in [0.1, 0.15) is 47.8 Å². The molecule has 2 aromatic heterocycles. The minimum atomic E-state index is -3.39. The summed E-state index contributed by atoms with van der Waals surface area (Å²) in [5.41, 5.74) is 4.29. The molecule has 1 aromatic carbocycles. The summed E-state index contributed by atoms with van der Waals surface area (Å²) < 4.78 is 27.7. The molecule has 9 heteroatoms. The third-order valence-electron chi connectivity index (χ3n) is 7.04. The number of aromatic nitrogens is 1. The van der Waals surface area contributed by atoms with Crippen molar-refractivity contribution in [2.45, 2.75) is 55.3 Å². The summed E-state index contributed by atoms with van der Waals surface area (Å²) in [6.45, 7) is 4.47. The lowest BCUT2D eigenvalue weighted by atomic mass is 9.86. The molecule has 1 saturated heterocycles. The third-order valence-corrected chi connectivity index (χ3v) is 10.6. The summed E-state index contributed by atoms with van der Waals surface area (Å²) in [7, 11) is -3.39. The zero-order valence-corrected chi connectivity index (χ0v) is 20.9. The van der Waals surface area contributed by atoms with E-state index in [2.05, 4.69) is 27.7 Å². The molecule has 3 atom stereocenters. The largest absolute Gasteiger partial charge is 0.347 e. The Kier molecular flexibility index (Phi) is 6.70. The lowest BCUT2D eigenvalue weighted by Gasteiger charge is -2.38. The minimum Gasteiger partial charge on any atom is -0.347 e. The van der Waals surface area contributed by atoms with Crippen LogP contribution in [0.3, 0.4) is 0 Å². The van der Waals surface area contributed by atoms with Gasteiger partial charge >= 0.3 is 0 Å². The average Bonchev–Trinajstić information content (AvgIpc) is 3.53. The Morgan fingerprint density at radius 3 is 2.76 bits per heavy atom. The van der Waals surface area contributed by atoms with Crippen molar-refractivity contribution < 1.29 is 13.2 Å². The number of fused-ring (bicyclic) bond motifs is 1. The van der Waals surface area contributed by atoms with Crippen molar-refractivity contribution in [1.29, 1.82) is 0 Å². The summed E-state index contributed by atoms with van der Waals surface area (Å²) in [5, 5.41) is 5.88. The maximum Gasteiger partial charge on any atom is 0.261 e. The van der Waals surface area contributed by atoms with E-state index in [0.717, 1.165) is 48.0 Å². The number of thiophene rings is 1.